The number of anilines is 3. The smallest absolute Gasteiger partial charge is 0.306 e. The third-order valence-corrected chi connectivity index (χ3v) is 5.35. The maximum absolute atomic E-state index is 12.2. The predicted octanol–water partition coefficient (Wildman–Crippen LogP) is 5.49. The minimum Gasteiger partial charge on any atom is -0.457 e. The monoisotopic (exact) mass is 567 g/mol. The Hall–Kier alpha value is -4.18. The molecule has 0 aliphatic rings. The molecule has 0 aliphatic heterocycles. The van der Waals surface area contributed by atoms with Gasteiger partial charge in [0.1, 0.15) is 11.5 Å². The van der Waals surface area contributed by atoms with E-state index in [0.29, 0.717) is 28.6 Å². The highest BCUT2D eigenvalue weighted by Gasteiger charge is 2.10. The van der Waals surface area contributed by atoms with Crippen LogP contribution in [0, 0.1) is 0 Å². The van der Waals surface area contributed by atoms with Gasteiger partial charge in [-0.05, 0) is 79.2 Å². The molecular formula is C27H26BrN3O6. The molecule has 3 amide bonds. The third-order valence-electron chi connectivity index (χ3n) is 4.83. The molecule has 9 nitrogen and oxygen atoms in total. The lowest BCUT2D eigenvalue weighted by atomic mass is 10.2. The van der Waals surface area contributed by atoms with E-state index in [1.165, 1.54) is 6.92 Å². The highest BCUT2D eigenvalue weighted by Crippen LogP contribution is 2.24. The van der Waals surface area contributed by atoms with E-state index >= 15 is 0 Å². The van der Waals surface area contributed by atoms with Crippen LogP contribution in [0.5, 0.6) is 11.5 Å². The molecule has 0 bridgehead atoms. The van der Waals surface area contributed by atoms with Gasteiger partial charge >= 0.3 is 5.97 Å². The van der Waals surface area contributed by atoms with Crippen LogP contribution in [0.3, 0.4) is 0 Å². The van der Waals surface area contributed by atoms with E-state index < -0.39 is 18.5 Å². The van der Waals surface area contributed by atoms with Crippen LogP contribution in [0.1, 0.15) is 26.2 Å². The van der Waals surface area contributed by atoms with Gasteiger partial charge in [-0.15, -0.1) is 0 Å². The summed E-state index contributed by atoms with van der Waals surface area (Å²) in [6.07, 6.45) is 0.410. The molecule has 0 aliphatic carbocycles. The van der Waals surface area contributed by atoms with E-state index in [4.69, 9.17) is 9.47 Å². The summed E-state index contributed by atoms with van der Waals surface area (Å²) in [5.74, 6) is -0.173. The first-order valence-corrected chi connectivity index (χ1v) is 12.2. The molecule has 0 heterocycles. The quantitative estimate of drug-likeness (QED) is 0.263. The second kappa shape index (κ2) is 13.8. The number of nitrogens with one attached hydrogen (secondary N) is 3. The molecule has 0 fully saturated rings. The van der Waals surface area contributed by atoms with Crippen molar-refractivity contribution in [2.45, 2.75) is 26.2 Å². The third kappa shape index (κ3) is 10.1. The van der Waals surface area contributed by atoms with E-state index in [1.54, 1.807) is 48.5 Å². The van der Waals surface area contributed by atoms with Crippen molar-refractivity contribution in [3.63, 3.8) is 0 Å². The van der Waals surface area contributed by atoms with Crippen LogP contribution in [0.2, 0.25) is 0 Å². The zero-order valence-corrected chi connectivity index (χ0v) is 21.7. The number of rotatable bonds is 11. The zero-order valence-electron chi connectivity index (χ0n) is 20.1. The molecule has 0 atom stereocenters. The standard InChI is InChI=1S/C27H26BrN3O6/c1-18(32)29-20-7-9-21(10-8-20)31-26(34)17-36-27(35)4-2-3-25(33)30-22-11-15-24(16-12-22)37-23-13-5-19(28)6-14-23/h5-16H,2-4,17H2,1H3,(H,29,32)(H,30,33)(H,31,34). The number of carbonyl (C=O) groups is 4. The second-order valence-corrected chi connectivity index (χ2v) is 8.87. The Morgan fingerprint density at radius 3 is 1.73 bits per heavy atom. The van der Waals surface area contributed by atoms with E-state index in [2.05, 4.69) is 31.9 Å². The minimum atomic E-state index is -0.571. The van der Waals surface area contributed by atoms with E-state index in [9.17, 15) is 19.2 Å². The molecule has 3 N–H and O–H groups in total. The number of ether oxygens (including phenoxy) is 2. The van der Waals surface area contributed by atoms with Gasteiger partial charge in [0, 0.05) is 41.3 Å². The SMILES string of the molecule is CC(=O)Nc1ccc(NC(=O)COC(=O)CCCC(=O)Nc2ccc(Oc3ccc(Br)cc3)cc2)cc1. The van der Waals surface area contributed by atoms with Crippen molar-refractivity contribution in [2.24, 2.45) is 0 Å². The molecule has 0 aromatic heterocycles. The fourth-order valence-corrected chi connectivity index (χ4v) is 3.38. The maximum atomic E-state index is 12.2. The Labute approximate surface area is 222 Å². The van der Waals surface area contributed by atoms with Gasteiger partial charge in [-0.3, -0.25) is 19.2 Å². The zero-order chi connectivity index (χ0) is 26.6. The van der Waals surface area contributed by atoms with Crippen molar-refractivity contribution >= 4 is 56.7 Å². The van der Waals surface area contributed by atoms with E-state index in [0.717, 1.165) is 4.47 Å². The largest absolute Gasteiger partial charge is 0.457 e. The van der Waals surface area contributed by atoms with Crippen molar-refractivity contribution in [3.05, 3.63) is 77.3 Å². The van der Waals surface area contributed by atoms with Crippen LogP contribution in [0.25, 0.3) is 0 Å². The van der Waals surface area contributed by atoms with Crippen molar-refractivity contribution in [1.29, 1.82) is 0 Å². The molecule has 0 saturated heterocycles. The lowest BCUT2D eigenvalue weighted by Gasteiger charge is -2.09. The van der Waals surface area contributed by atoms with Gasteiger partial charge in [0.05, 0.1) is 0 Å². The number of benzene rings is 3. The number of esters is 1. The average Bonchev–Trinajstić information content (AvgIpc) is 2.86. The molecule has 37 heavy (non-hydrogen) atoms. The van der Waals surface area contributed by atoms with E-state index in [-0.39, 0.29) is 31.1 Å². The molecule has 10 heteroatoms. The predicted molar refractivity (Wildman–Crippen MR) is 143 cm³/mol. The molecule has 0 radical (unpaired) electrons. The number of hydrogen-bond acceptors (Lipinski definition) is 6. The number of carbonyl (C=O) groups excluding carboxylic acids is 4. The summed E-state index contributed by atoms with van der Waals surface area (Å²) in [7, 11) is 0. The van der Waals surface area contributed by atoms with Crippen LogP contribution in [0.4, 0.5) is 17.1 Å². The van der Waals surface area contributed by atoms with Gasteiger partial charge in [-0.25, -0.2) is 0 Å². The highest BCUT2D eigenvalue weighted by atomic mass is 79.9. The van der Waals surface area contributed by atoms with Crippen molar-refractivity contribution in [2.75, 3.05) is 22.6 Å². The average molecular weight is 568 g/mol. The number of hydrogen-bond donors (Lipinski definition) is 3. The highest BCUT2D eigenvalue weighted by molar-refractivity contribution is 9.10. The molecular weight excluding hydrogens is 542 g/mol. The Morgan fingerprint density at radius 1 is 0.676 bits per heavy atom. The summed E-state index contributed by atoms with van der Waals surface area (Å²) in [5, 5.41) is 7.98. The molecule has 3 aromatic rings. The second-order valence-electron chi connectivity index (χ2n) is 7.95. The van der Waals surface area contributed by atoms with Gasteiger partial charge in [-0.2, -0.15) is 0 Å². The first-order chi connectivity index (χ1) is 17.8. The summed E-state index contributed by atoms with van der Waals surface area (Å²) < 4.78 is 11.7. The maximum Gasteiger partial charge on any atom is 0.306 e. The van der Waals surface area contributed by atoms with Gasteiger partial charge < -0.3 is 25.4 Å². The summed E-state index contributed by atoms with van der Waals surface area (Å²) in [4.78, 5) is 47.1. The fraction of sp³-hybridized carbons (Fsp3) is 0.185. The van der Waals surface area contributed by atoms with Crippen LogP contribution >= 0.6 is 15.9 Å². The van der Waals surface area contributed by atoms with Crippen molar-refractivity contribution in [1.82, 2.24) is 0 Å². The summed E-state index contributed by atoms with van der Waals surface area (Å²) in [5.41, 5.74) is 1.71. The first-order valence-electron chi connectivity index (χ1n) is 11.4. The van der Waals surface area contributed by atoms with Gasteiger partial charge in [0.2, 0.25) is 11.8 Å². The van der Waals surface area contributed by atoms with Crippen LogP contribution < -0.4 is 20.7 Å². The van der Waals surface area contributed by atoms with Crippen LogP contribution in [-0.2, 0) is 23.9 Å². The molecule has 0 spiro atoms. The Balaban J connectivity index is 1.31. The Kier molecular flexibility index (Phi) is 10.2. The van der Waals surface area contributed by atoms with Crippen molar-refractivity contribution in [3.8, 4) is 11.5 Å². The first kappa shape index (κ1) is 27.4. The molecule has 0 saturated carbocycles. The minimum absolute atomic E-state index is 0.00603. The summed E-state index contributed by atoms with van der Waals surface area (Å²) in [6, 6.07) is 20.9. The van der Waals surface area contributed by atoms with Gasteiger partial charge in [0.25, 0.3) is 5.91 Å². The number of amides is 3. The lowest BCUT2D eigenvalue weighted by Crippen LogP contribution is -2.21. The topological polar surface area (TPSA) is 123 Å². The number of halogens is 1. The van der Waals surface area contributed by atoms with Crippen molar-refractivity contribution < 1.29 is 28.7 Å². The molecule has 3 rings (SSSR count). The Morgan fingerprint density at radius 2 is 1.16 bits per heavy atom. The van der Waals surface area contributed by atoms with E-state index in [1.807, 2.05) is 24.3 Å². The van der Waals surface area contributed by atoms with Gasteiger partial charge in [0.15, 0.2) is 6.61 Å². The summed E-state index contributed by atoms with van der Waals surface area (Å²) in [6.45, 7) is 0.963. The summed E-state index contributed by atoms with van der Waals surface area (Å²) >= 11 is 3.37. The Bertz CT molecular complexity index is 1230. The fourth-order valence-electron chi connectivity index (χ4n) is 3.12. The molecule has 3 aromatic carbocycles. The normalized spacial score (nSPS) is 10.2. The van der Waals surface area contributed by atoms with Gasteiger partial charge in [-0.1, -0.05) is 15.9 Å². The van der Waals surface area contributed by atoms with Crippen LogP contribution in [-0.4, -0.2) is 30.3 Å². The molecule has 192 valence electrons. The molecule has 0 unspecified atom stereocenters. The van der Waals surface area contributed by atoms with Crippen LogP contribution in [0.15, 0.2) is 77.3 Å². The lowest BCUT2D eigenvalue weighted by molar-refractivity contribution is -0.147.